The minimum absolute atomic E-state index is 0.111. The zero-order valence-corrected chi connectivity index (χ0v) is 12.7. The number of aliphatic imine (C=N–C) groups is 1. The monoisotopic (exact) mass is 271 g/mol. The van der Waals surface area contributed by atoms with Crippen LogP contribution in [0.4, 0.5) is 0 Å². The van der Waals surface area contributed by atoms with Crippen LogP contribution in [0.1, 0.15) is 26.3 Å². The first-order chi connectivity index (χ1) is 9.57. The van der Waals surface area contributed by atoms with E-state index in [1.54, 1.807) is 0 Å². The molecule has 3 nitrogen and oxygen atoms in total. The summed E-state index contributed by atoms with van der Waals surface area (Å²) < 4.78 is 0. The zero-order chi connectivity index (χ0) is 14.8. The highest BCUT2D eigenvalue weighted by atomic mass is 15.2. The first-order valence-electron chi connectivity index (χ1n) is 7.07. The molecule has 0 heterocycles. The molecule has 0 fully saturated rings. The summed E-state index contributed by atoms with van der Waals surface area (Å²) in [5.74, 6) is 3.35. The van der Waals surface area contributed by atoms with Gasteiger partial charge in [-0.25, -0.2) is 0 Å². The Bertz CT molecular complexity index is 455. The van der Waals surface area contributed by atoms with E-state index < -0.39 is 0 Å². The zero-order valence-electron chi connectivity index (χ0n) is 12.7. The molecule has 20 heavy (non-hydrogen) atoms. The molecule has 1 aromatic rings. The Morgan fingerprint density at radius 3 is 2.55 bits per heavy atom. The van der Waals surface area contributed by atoms with E-state index in [9.17, 15) is 0 Å². The second kappa shape index (κ2) is 8.27. The van der Waals surface area contributed by atoms with E-state index in [1.807, 2.05) is 13.0 Å². The molecule has 108 valence electrons. The maximum Gasteiger partial charge on any atom is 0.192 e. The minimum atomic E-state index is 0.111. The first-order valence-corrected chi connectivity index (χ1v) is 7.07. The number of terminal acetylenes is 1. The van der Waals surface area contributed by atoms with Gasteiger partial charge in [-0.15, -0.1) is 6.42 Å². The van der Waals surface area contributed by atoms with Crippen molar-refractivity contribution in [1.29, 1.82) is 0 Å². The van der Waals surface area contributed by atoms with Crippen LogP contribution in [0.25, 0.3) is 0 Å². The average Bonchev–Trinajstić information content (AvgIpc) is 2.42. The second-order valence-corrected chi connectivity index (χ2v) is 5.58. The van der Waals surface area contributed by atoms with Gasteiger partial charge in [0.15, 0.2) is 5.96 Å². The summed E-state index contributed by atoms with van der Waals surface area (Å²) in [6.45, 7) is 8.58. The van der Waals surface area contributed by atoms with Crippen molar-refractivity contribution >= 4 is 5.96 Å². The number of nitrogens with one attached hydrogen (secondary N) is 2. The van der Waals surface area contributed by atoms with Gasteiger partial charge in [0.05, 0.1) is 6.54 Å². The van der Waals surface area contributed by atoms with Gasteiger partial charge in [0, 0.05) is 13.1 Å². The van der Waals surface area contributed by atoms with Gasteiger partial charge < -0.3 is 10.6 Å². The van der Waals surface area contributed by atoms with Crippen LogP contribution in [0.5, 0.6) is 0 Å². The van der Waals surface area contributed by atoms with Crippen LogP contribution >= 0.6 is 0 Å². The largest absolute Gasteiger partial charge is 0.357 e. The molecule has 0 aliphatic heterocycles. The fraction of sp³-hybridized carbons (Fsp3) is 0.471. The highest BCUT2D eigenvalue weighted by molar-refractivity contribution is 5.80. The van der Waals surface area contributed by atoms with Crippen molar-refractivity contribution in [3.05, 3.63) is 35.9 Å². The highest BCUT2D eigenvalue weighted by Gasteiger charge is 2.18. The molecule has 2 N–H and O–H groups in total. The smallest absolute Gasteiger partial charge is 0.192 e. The van der Waals surface area contributed by atoms with E-state index in [0.29, 0.717) is 6.54 Å². The lowest BCUT2D eigenvalue weighted by molar-refractivity contribution is 0.377. The molecule has 0 bridgehead atoms. The SMILES string of the molecule is C#CCNC(=NCC(C)(C)Cc1ccccc1)NCC. The van der Waals surface area contributed by atoms with Crippen molar-refractivity contribution in [2.24, 2.45) is 10.4 Å². The van der Waals surface area contributed by atoms with Crippen LogP contribution < -0.4 is 10.6 Å². The van der Waals surface area contributed by atoms with Crippen molar-refractivity contribution in [1.82, 2.24) is 10.6 Å². The summed E-state index contributed by atoms with van der Waals surface area (Å²) in [6, 6.07) is 10.5. The lowest BCUT2D eigenvalue weighted by Gasteiger charge is -2.23. The van der Waals surface area contributed by atoms with Crippen molar-refractivity contribution in [2.45, 2.75) is 27.2 Å². The lowest BCUT2D eigenvalue weighted by atomic mass is 9.86. The summed E-state index contributed by atoms with van der Waals surface area (Å²) in [5, 5.41) is 6.31. The first kappa shape index (κ1) is 16.1. The van der Waals surface area contributed by atoms with E-state index in [4.69, 9.17) is 6.42 Å². The third kappa shape index (κ3) is 6.29. The molecule has 0 aliphatic carbocycles. The maximum absolute atomic E-state index is 5.26. The number of rotatable bonds is 6. The van der Waals surface area contributed by atoms with E-state index >= 15 is 0 Å². The Labute approximate surface area is 122 Å². The third-order valence-electron chi connectivity index (χ3n) is 2.89. The van der Waals surface area contributed by atoms with E-state index in [2.05, 4.69) is 59.7 Å². The Hall–Kier alpha value is -1.95. The number of nitrogens with zero attached hydrogens (tertiary/aromatic N) is 1. The van der Waals surface area contributed by atoms with Gasteiger partial charge in [-0.3, -0.25) is 4.99 Å². The second-order valence-electron chi connectivity index (χ2n) is 5.58. The normalized spacial score (nSPS) is 11.8. The van der Waals surface area contributed by atoms with Gasteiger partial charge in [0.25, 0.3) is 0 Å². The van der Waals surface area contributed by atoms with Gasteiger partial charge in [0.2, 0.25) is 0 Å². The minimum Gasteiger partial charge on any atom is -0.357 e. The van der Waals surface area contributed by atoms with Crippen LogP contribution in [0.15, 0.2) is 35.3 Å². The quantitative estimate of drug-likeness (QED) is 0.474. The molecular weight excluding hydrogens is 246 g/mol. The molecular formula is C17H25N3. The summed E-state index contributed by atoms with van der Waals surface area (Å²) in [5.41, 5.74) is 1.45. The predicted molar refractivity (Wildman–Crippen MR) is 86.7 cm³/mol. The molecule has 1 rings (SSSR count). The number of guanidine groups is 1. The Kier molecular flexibility index (Phi) is 6.66. The summed E-state index contributed by atoms with van der Waals surface area (Å²) >= 11 is 0. The molecule has 0 aromatic heterocycles. The Morgan fingerprint density at radius 1 is 1.25 bits per heavy atom. The average molecular weight is 271 g/mol. The van der Waals surface area contributed by atoms with Gasteiger partial charge in [0.1, 0.15) is 0 Å². The standard InChI is InChI=1S/C17H25N3/c1-5-12-19-16(18-6-2)20-14-17(3,4)13-15-10-8-7-9-11-15/h1,7-11H,6,12-14H2,2-4H3,(H2,18,19,20). The number of benzene rings is 1. The number of hydrogen-bond acceptors (Lipinski definition) is 1. The molecule has 0 saturated carbocycles. The van der Waals surface area contributed by atoms with Crippen LogP contribution in [0, 0.1) is 17.8 Å². The molecule has 0 radical (unpaired) electrons. The summed E-state index contributed by atoms with van der Waals surface area (Å²) in [4.78, 5) is 4.62. The summed E-state index contributed by atoms with van der Waals surface area (Å²) in [7, 11) is 0. The van der Waals surface area contributed by atoms with Gasteiger partial charge in [-0.05, 0) is 24.3 Å². The Morgan fingerprint density at radius 2 is 1.95 bits per heavy atom. The lowest BCUT2D eigenvalue weighted by Crippen LogP contribution is -2.38. The van der Waals surface area contributed by atoms with Crippen molar-refractivity contribution < 1.29 is 0 Å². The molecule has 0 spiro atoms. The Balaban J connectivity index is 2.61. The predicted octanol–water partition coefficient (Wildman–Crippen LogP) is 2.44. The van der Waals surface area contributed by atoms with E-state index in [-0.39, 0.29) is 5.41 Å². The fourth-order valence-corrected chi connectivity index (χ4v) is 1.97. The number of hydrogen-bond donors (Lipinski definition) is 2. The van der Waals surface area contributed by atoms with Gasteiger partial charge in [-0.2, -0.15) is 0 Å². The van der Waals surface area contributed by atoms with Crippen molar-refractivity contribution in [2.75, 3.05) is 19.6 Å². The third-order valence-corrected chi connectivity index (χ3v) is 2.89. The van der Waals surface area contributed by atoms with Crippen LogP contribution in [0.3, 0.4) is 0 Å². The molecule has 0 amide bonds. The van der Waals surface area contributed by atoms with Crippen molar-refractivity contribution in [3.63, 3.8) is 0 Å². The molecule has 3 heteroatoms. The maximum atomic E-state index is 5.26. The van der Waals surface area contributed by atoms with E-state index in [0.717, 1.165) is 25.5 Å². The summed E-state index contributed by atoms with van der Waals surface area (Å²) in [6.07, 6.45) is 6.27. The topological polar surface area (TPSA) is 36.4 Å². The molecule has 0 unspecified atom stereocenters. The van der Waals surface area contributed by atoms with E-state index in [1.165, 1.54) is 5.56 Å². The molecule has 1 aromatic carbocycles. The van der Waals surface area contributed by atoms with Crippen LogP contribution in [-0.4, -0.2) is 25.6 Å². The highest BCUT2D eigenvalue weighted by Crippen LogP contribution is 2.22. The van der Waals surface area contributed by atoms with Crippen LogP contribution in [0.2, 0.25) is 0 Å². The molecule has 0 aliphatic rings. The van der Waals surface area contributed by atoms with Gasteiger partial charge in [-0.1, -0.05) is 50.1 Å². The van der Waals surface area contributed by atoms with Crippen molar-refractivity contribution in [3.8, 4) is 12.3 Å². The van der Waals surface area contributed by atoms with Crippen LogP contribution in [-0.2, 0) is 6.42 Å². The molecule has 0 saturated heterocycles. The fourth-order valence-electron chi connectivity index (χ4n) is 1.97. The molecule has 0 atom stereocenters. The van der Waals surface area contributed by atoms with Gasteiger partial charge >= 0.3 is 0 Å².